The second kappa shape index (κ2) is 9.71. The molecule has 3 heterocycles. The summed E-state index contributed by atoms with van der Waals surface area (Å²) in [6, 6.07) is 11.2. The van der Waals surface area contributed by atoms with Gasteiger partial charge in [0.25, 0.3) is 5.91 Å². The summed E-state index contributed by atoms with van der Waals surface area (Å²) in [7, 11) is 0. The number of nitrogens with zero attached hydrogens (tertiary/aromatic N) is 4. The fraction of sp³-hybridized carbons (Fsp3) is 0.435. The van der Waals surface area contributed by atoms with Gasteiger partial charge in [-0.25, -0.2) is 4.79 Å². The van der Waals surface area contributed by atoms with Gasteiger partial charge in [-0.2, -0.15) is 0 Å². The monoisotopic (exact) mass is 407 g/mol. The highest BCUT2D eigenvalue weighted by molar-refractivity contribution is 5.97. The van der Waals surface area contributed by atoms with E-state index in [1.165, 1.54) is 12.0 Å². The standard InChI is InChI=1S/C23H29N5O2/c29-22(27-11-2-1-3-12-27)20-5-4-6-21(17-20)25-23(30)28-15-13-26(14-16-28)18-19-7-9-24-10-8-19/h4-10,17H,1-3,11-16,18H2,(H,25,30). The minimum Gasteiger partial charge on any atom is -0.339 e. The maximum atomic E-state index is 12.7. The molecule has 0 saturated carbocycles. The zero-order valence-electron chi connectivity index (χ0n) is 17.3. The van der Waals surface area contributed by atoms with Gasteiger partial charge in [-0.05, 0) is 55.2 Å². The Bertz CT molecular complexity index is 859. The van der Waals surface area contributed by atoms with E-state index in [2.05, 4.69) is 15.2 Å². The third kappa shape index (κ3) is 5.16. The van der Waals surface area contributed by atoms with Crippen LogP contribution in [0.4, 0.5) is 10.5 Å². The second-order valence-electron chi connectivity index (χ2n) is 7.98. The molecule has 0 atom stereocenters. The van der Waals surface area contributed by atoms with Gasteiger partial charge in [-0.15, -0.1) is 0 Å². The number of piperidine rings is 1. The number of anilines is 1. The Morgan fingerprint density at radius 2 is 1.60 bits per heavy atom. The molecular formula is C23H29N5O2. The molecule has 7 heteroatoms. The molecule has 7 nitrogen and oxygen atoms in total. The van der Waals surface area contributed by atoms with Gasteiger partial charge in [0.05, 0.1) is 0 Å². The summed E-state index contributed by atoms with van der Waals surface area (Å²) >= 11 is 0. The molecule has 2 saturated heterocycles. The molecular weight excluding hydrogens is 378 g/mol. The molecule has 0 unspecified atom stereocenters. The summed E-state index contributed by atoms with van der Waals surface area (Å²) in [4.78, 5) is 35.6. The number of rotatable bonds is 4. The number of amides is 3. The van der Waals surface area contributed by atoms with E-state index in [1.807, 2.05) is 52.5 Å². The van der Waals surface area contributed by atoms with E-state index >= 15 is 0 Å². The zero-order chi connectivity index (χ0) is 20.8. The first kappa shape index (κ1) is 20.3. The van der Waals surface area contributed by atoms with Crippen LogP contribution in [0.5, 0.6) is 0 Å². The molecule has 2 aromatic rings. The van der Waals surface area contributed by atoms with Crippen molar-refractivity contribution in [2.45, 2.75) is 25.8 Å². The highest BCUT2D eigenvalue weighted by Gasteiger charge is 2.22. The molecule has 1 aromatic carbocycles. The Hall–Kier alpha value is -2.93. The molecule has 30 heavy (non-hydrogen) atoms. The van der Waals surface area contributed by atoms with Crippen LogP contribution >= 0.6 is 0 Å². The first-order chi connectivity index (χ1) is 14.7. The van der Waals surface area contributed by atoms with Crippen molar-refractivity contribution in [3.8, 4) is 0 Å². The predicted octanol–water partition coefficient (Wildman–Crippen LogP) is 3.06. The normalized spacial score (nSPS) is 17.6. The average Bonchev–Trinajstić information content (AvgIpc) is 2.80. The zero-order valence-corrected chi connectivity index (χ0v) is 17.3. The van der Waals surface area contributed by atoms with Gasteiger partial charge in [0, 0.05) is 69.5 Å². The Morgan fingerprint density at radius 1 is 0.867 bits per heavy atom. The molecule has 3 amide bonds. The number of carbonyl (C=O) groups is 2. The van der Waals surface area contributed by atoms with Crippen molar-refractivity contribution < 1.29 is 9.59 Å². The van der Waals surface area contributed by atoms with Gasteiger partial charge in [-0.1, -0.05) is 6.07 Å². The Balaban J connectivity index is 1.29. The fourth-order valence-corrected chi connectivity index (χ4v) is 4.07. The number of piperazine rings is 1. The average molecular weight is 408 g/mol. The molecule has 158 valence electrons. The lowest BCUT2D eigenvalue weighted by Gasteiger charge is -2.34. The van der Waals surface area contributed by atoms with E-state index in [4.69, 9.17) is 0 Å². The highest BCUT2D eigenvalue weighted by Crippen LogP contribution is 2.17. The van der Waals surface area contributed by atoms with Crippen LogP contribution in [0.2, 0.25) is 0 Å². The third-order valence-electron chi connectivity index (χ3n) is 5.82. The van der Waals surface area contributed by atoms with Crippen LogP contribution in [0.1, 0.15) is 35.2 Å². The van der Waals surface area contributed by atoms with Crippen molar-refractivity contribution in [2.24, 2.45) is 0 Å². The van der Waals surface area contributed by atoms with E-state index in [0.29, 0.717) is 24.3 Å². The van der Waals surface area contributed by atoms with Crippen LogP contribution in [0.3, 0.4) is 0 Å². The Labute approximate surface area is 177 Å². The van der Waals surface area contributed by atoms with Gasteiger partial charge < -0.3 is 15.1 Å². The summed E-state index contributed by atoms with van der Waals surface area (Å²) < 4.78 is 0. The molecule has 0 bridgehead atoms. The number of benzene rings is 1. The van der Waals surface area contributed by atoms with Gasteiger partial charge in [0.2, 0.25) is 0 Å². The molecule has 1 N–H and O–H groups in total. The fourth-order valence-electron chi connectivity index (χ4n) is 4.07. The Morgan fingerprint density at radius 3 is 2.33 bits per heavy atom. The second-order valence-corrected chi connectivity index (χ2v) is 7.98. The van der Waals surface area contributed by atoms with E-state index in [9.17, 15) is 9.59 Å². The van der Waals surface area contributed by atoms with E-state index < -0.39 is 0 Å². The smallest absolute Gasteiger partial charge is 0.321 e. The van der Waals surface area contributed by atoms with Crippen molar-refractivity contribution in [2.75, 3.05) is 44.6 Å². The van der Waals surface area contributed by atoms with E-state index in [0.717, 1.165) is 45.6 Å². The van der Waals surface area contributed by atoms with Gasteiger partial charge >= 0.3 is 6.03 Å². The third-order valence-corrected chi connectivity index (χ3v) is 5.82. The first-order valence-corrected chi connectivity index (χ1v) is 10.8. The van der Waals surface area contributed by atoms with E-state index in [1.54, 1.807) is 6.07 Å². The lowest BCUT2D eigenvalue weighted by molar-refractivity contribution is 0.0724. The number of carbonyl (C=O) groups excluding carboxylic acids is 2. The summed E-state index contributed by atoms with van der Waals surface area (Å²) in [5.74, 6) is 0.0514. The minimum atomic E-state index is -0.110. The van der Waals surface area contributed by atoms with Crippen LogP contribution in [0.15, 0.2) is 48.8 Å². The minimum absolute atomic E-state index is 0.0514. The van der Waals surface area contributed by atoms with Gasteiger partial charge in [0.15, 0.2) is 0 Å². The van der Waals surface area contributed by atoms with Gasteiger partial charge in [0.1, 0.15) is 0 Å². The van der Waals surface area contributed by atoms with Crippen LogP contribution in [0, 0.1) is 0 Å². The lowest BCUT2D eigenvalue weighted by atomic mass is 10.1. The number of pyridine rings is 1. The first-order valence-electron chi connectivity index (χ1n) is 10.8. The SMILES string of the molecule is O=C(Nc1cccc(C(=O)N2CCCCC2)c1)N1CCN(Cc2ccncc2)CC1. The summed E-state index contributed by atoms with van der Waals surface area (Å²) in [6.45, 7) is 5.55. The molecule has 0 aliphatic carbocycles. The van der Waals surface area contributed by atoms with Crippen LogP contribution in [-0.2, 0) is 6.54 Å². The quantitative estimate of drug-likeness (QED) is 0.846. The molecule has 2 aliphatic heterocycles. The molecule has 0 spiro atoms. The summed E-state index contributed by atoms with van der Waals surface area (Å²) in [5, 5.41) is 2.96. The van der Waals surface area contributed by atoms with Gasteiger partial charge in [-0.3, -0.25) is 14.7 Å². The maximum absolute atomic E-state index is 12.7. The molecule has 1 aromatic heterocycles. The van der Waals surface area contributed by atoms with E-state index in [-0.39, 0.29) is 11.9 Å². The highest BCUT2D eigenvalue weighted by atomic mass is 16.2. The molecule has 0 radical (unpaired) electrons. The van der Waals surface area contributed by atoms with Crippen molar-refractivity contribution in [1.82, 2.24) is 19.7 Å². The summed E-state index contributed by atoms with van der Waals surface area (Å²) in [6.07, 6.45) is 6.94. The number of aromatic nitrogens is 1. The molecule has 4 rings (SSSR count). The number of hydrogen-bond donors (Lipinski definition) is 1. The van der Waals surface area contributed by atoms with Crippen molar-refractivity contribution in [1.29, 1.82) is 0 Å². The van der Waals surface area contributed by atoms with Crippen LogP contribution < -0.4 is 5.32 Å². The number of nitrogens with one attached hydrogen (secondary N) is 1. The van der Waals surface area contributed by atoms with Crippen molar-refractivity contribution in [3.63, 3.8) is 0 Å². The number of urea groups is 1. The summed E-state index contributed by atoms with van der Waals surface area (Å²) in [5.41, 5.74) is 2.54. The Kier molecular flexibility index (Phi) is 6.59. The molecule has 2 fully saturated rings. The van der Waals surface area contributed by atoms with Crippen LogP contribution in [0.25, 0.3) is 0 Å². The lowest BCUT2D eigenvalue weighted by Crippen LogP contribution is -2.49. The predicted molar refractivity (Wildman–Crippen MR) is 116 cm³/mol. The maximum Gasteiger partial charge on any atom is 0.321 e. The van der Waals surface area contributed by atoms with Crippen LogP contribution in [-0.4, -0.2) is 70.9 Å². The van der Waals surface area contributed by atoms with Crippen molar-refractivity contribution in [3.05, 3.63) is 59.9 Å². The molecule has 2 aliphatic rings. The number of hydrogen-bond acceptors (Lipinski definition) is 4. The number of likely N-dealkylation sites (tertiary alicyclic amines) is 1. The largest absolute Gasteiger partial charge is 0.339 e. The topological polar surface area (TPSA) is 68.8 Å². The van der Waals surface area contributed by atoms with Crippen molar-refractivity contribution >= 4 is 17.6 Å².